The van der Waals surface area contributed by atoms with Crippen LogP contribution in [0.5, 0.6) is 0 Å². The Labute approximate surface area is 75.6 Å². The fourth-order valence-electron chi connectivity index (χ4n) is 0.920. The summed E-state index contributed by atoms with van der Waals surface area (Å²) in [5.41, 5.74) is 1.16. The van der Waals surface area contributed by atoms with Crippen molar-refractivity contribution in [3.05, 3.63) is 29.8 Å². The van der Waals surface area contributed by atoms with E-state index in [1.165, 1.54) is 10.8 Å². The molecule has 0 bridgehead atoms. The van der Waals surface area contributed by atoms with Crippen LogP contribution in [0.3, 0.4) is 0 Å². The van der Waals surface area contributed by atoms with Gasteiger partial charge in [-0.15, -0.1) is 11.7 Å². The van der Waals surface area contributed by atoms with Crippen molar-refractivity contribution in [2.75, 3.05) is 6.61 Å². The molecule has 3 heteroatoms. The van der Waals surface area contributed by atoms with Gasteiger partial charge in [-0.25, -0.2) is 0 Å². The summed E-state index contributed by atoms with van der Waals surface area (Å²) in [5, 5.41) is 8.71. The van der Waals surface area contributed by atoms with Gasteiger partial charge in [0, 0.05) is 11.5 Å². The Balaban J connectivity index is 2.83. The molecule has 1 rings (SSSR count). The molecule has 11 heavy (non-hydrogen) atoms. The highest BCUT2D eigenvalue weighted by molar-refractivity contribution is 8.68. The predicted molar refractivity (Wildman–Crippen MR) is 52.1 cm³/mol. The summed E-state index contributed by atoms with van der Waals surface area (Å²) in [6, 6.07) is 7.95. The average molecular weight is 186 g/mol. The predicted octanol–water partition coefficient (Wildman–Crippen LogP) is 2.16. The average Bonchev–Trinajstić information content (AvgIpc) is 2.06. The van der Waals surface area contributed by atoms with Crippen LogP contribution in [0.1, 0.15) is 5.56 Å². The fourth-order valence-corrected chi connectivity index (χ4v) is 1.88. The third kappa shape index (κ3) is 2.43. The van der Waals surface area contributed by atoms with Gasteiger partial charge < -0.3 is 5.11 Å². The minimum Gasteiger partial charge on any atom is -0.396 e. The number of hydrogen-bond acceptors (Lipinski definition) is 3. The second-order valence-corrected chi connectivity index (χ2v) is 3.34. The zero-order chi connectivity index (χ0) is 8.10. The smallest absolute Gasteiger partial charge is 0.0471 e. The highest BCUT2D eigenvalue weighted by atomic mass is 33.1. The monoisotopic (exact) mass is 186 g/mol. The van der Waals surface area contributed by atoms with Gasteiger partial charge in [0.2, 0.25) is 0 Å². The van der Waals surface area contributed by atoms with Crippen molar-refractivity contribution in [1.82, 2.24) is 0 Å². The van der Waals surface area contributed by atoms with E-state index in [0.717, 1.165) is 10.5 Å². The van der Waals surface area contributed by atoms with Crippen molar-refractivity contribution in [3.63, 3.8) is 0 Å². The first-order chi connectivity index (χ1) is 5.38. The van der Waals surface area contributed by atoms with Crippen molar-refractivity contribution in [1.29, 1.82) is 0 Å². The lowest BCUT2D eigenvalue weighted by Gasteiger charge is -2.02. The quantitative estimate of drug-likeness (QED) is 0.557. The zero-order valence-electron chi connectivity index (χ0n) is 6.03. The van der Waals surface area contributed by atoms with Crippen molar-refractivity contribution in [2.24, 2.45) is 0 Å². The maximum absolute atomic E-state index is 8.71. The molecule has 0 radical (unpaired) electrons. The van der Waals surface area contributed by atoms with Crippen LogP contribution in [0.15, 0.2) is 29.2 Å². The Hall–Kier alpha value is -0.120. The number of aliphatic hydroxyl groups is 1. The fraction of sp³-hybridized carbons (Fsp3) is 0.250. The van der Waals surface area contributed by atoms with Gasteiger partial charge in [-0.1, -0.05) is 29.0 Å². The molecule has 0 aliphatic heterocycles. The van der Waals surface area contributed by atoms with Gasteiger partial charge in [-0.05, 0) is 18.1 Å². The maximum atomic E-state index is 8.71. The first-order valence-corrected chi connectivity index (χ1v) is 5.25. The summed E-state index contributed by atoms with van der Waals surface area (Å²) >= 11 is 4.11. The van der Waals surface area contributed by atoms with Crippen LogP contribution in [0.4, 0.5) is 0 Å². The van der Waals surface area contributed by atoms with Gasteiger partial charge in [0.15, 0.2) is 0 Å². The summed E-state index contributed by atoms with van der Waals surface area (Å²) in [4.78, 5) is 1.13. The molecular weight excluding hydrogens is 176 g/mol. The molecule has 0 spiro atoms. The van der Waals surface area contributed by atoms with Gasteiger partial charge >= 0.3 is 0 Å². The van der Waals surface area contributed by atoms with E-state index >= 15 is 0 Å². The molecule has 1 nitrogen and oxygen atoms in total. The molecule has 1 aromatic rings. The number of benzene rings is 1. The Morgan fingerprint density at radius 2 is 2.09 bits per heavy atom. The summed E-state index contributed by atoms with van der Waals surface area (Å²) in [5.74, 6) is 0. The van der Waals surface area contributed by atoms with Crippen LogP contribution in [-0.4, -0.2) is 11.7 Å². The number of hydrogen-bond donors (Lipinski definition) is 2. The number of thiol groups is 1. The third-order valence-corrected chi connectivity index (χ3v) is 2.64. The van der Waals surface area contributed by atoms with Gasteiger partial charge in [-0.3, -0.25) is 0 Å². The molecule has 0 saturated heterocycles. The molecule has 1 N–H and O–H groups in total. The minimum absolute atomic E-state index is 0.200. The van der Waals surface area contributed by atoms with Crippen molar-refractivity contribution < 1.29 is 5.11 Å². The van der Waals surface area contributed by atoms with Crippen molar-refractivity contribution in [3.8, 4) is 0 Å². The second-order valence-electron chi connectivity index (χ2n) is 2.17. The normalized spacial score (nSPS) is 10.0. The maximum Gasteiger partial charge on any atom is 0.0471 e. The van der Waals surface area contributed by atoms with Crippen LogP contribution >= 0.6 is 22.5 Å². The van der Waals surface area contributed by atoms with E-state index in [1.54, 1.807) is 0 Å². The zero-order valence-corrected chi connectivity index (χ0v) is 7.74. The van der Waals surface area contributed by atoms with Gasteiger partial charge in [0.05, 0.1) is 0 Å². The Morgan fingerprint density at radius 1 is 1.36 bits per heavy atom. The Bertz CT molecular complexity index is 225. The molecule has 0 aliphatic rings. The Morgan fingerprint density at radius 3 is 2.73 bits per heavy atom. The van der Waals surface area contributed by atoms with E-state index in [-0.39, 0.29) is 6.61 Å². The standard InChI is InChI=1S/C8H10OS2/c9-6-5-7-3-1-2-4-8(7)11-10/h1-4,9-10H,5-6H2. The second kappa shape index (κ2) is 4.70. The molecule has 0 fully saturated rings. The van der Waals surface area contributed by atoms with Gasteiger partial charge in [0.1, 0.15) is 0 Å². The molecule has 0 amide bonds. The molecule has 0 aliphatic carbocycles. The van der Waals surface area contributed by atoms with E-state index in [1.807, 2.05) is 24.3 Å². The van der Waals surface area contributed by atoms with Gasteiger partial charge in [0.25, 0.3) is 0 Å². The van der Waals surface area contributed by atoms with Crippen LogP contribution < -0.4 is 0 Å². The van der Waals surface area contributed by atoms with Crippen LogP contribution in [-0.2, 0) is 6.42 Å². The molecular formula is C8H10OS2. The molecule has 0 saturated carbocycles. The van der Waals surface area contributed by atoms with Crippen LogP contribution in [0, 0.1) is 0 Å². The highest BCUT2D eigenvalue weighted by Crippen LogP contribution is 2.25. The van der Waals surface area contributed by atoms with E-state index in [9.17, 15) is 0 Å². The number of aliphatic hydroxyl groups excluding tert-OH is 1. The SMILES string of the molecule is OCCc1ccccc1SS. The lowest BCUT2D eigenvalue weighted by molar-refractivity contribution is 0.299. The van der Waals surface area contributed by atoms with E-state index < -0.39 is 0 Å². The summed E-state index contributed by atoms with van der Waals surface area (Å²) in [6.07, 6.45) is 0.712. The molecule has 0 unspecified atom stereocenters. The summed E-state index contributed by atoms with van der Waals surface area (Å²) < 4.78 is 0. The van der Waals surface area contributed by atoms with Crippen LogP contribution in [0.25, 0.3) is 0 Å². The largest absolute Gasteiger partial charge is 0.396 e. The molecule has 60 valence electrons. The topological polar surface area (TPSA) is 20.2 Å². The third-order valence-electron chi connectivity index (χ3n) is 1.45. The first-order valence-electron chi connectivity index (χ1n) is 3.38. The van der Waals surface area contributed by atoms with E-state index in [2.05, 4.69) is 11.7 Å². The van der Waals surface area contributed by atoms with Crippen molar-refractivity contribution >= 4 is 22.5 Å². The molecule has 0 heterocycles. The molecule has 1 aromatic carbocycles. The van der Waals surface area contributed by atoms with E-state index in [4.69, 9.17) is 5.11 Å². The summed E-state index contributed by atoms with van der Waals surface area (Å²) in [7, 11) is 1.42. The highest BCUT2D eigenvalue weighted by Gasteiger charge is 1.98. The lowest BCUT2D eigenvalue weighted by Crippen LogP contribution is -1.91. The van der Waals surface area contributed by atoms with Gasteiger partial charge in [-0.2, -0.15) is 0 Å². The van der Waals surface area contributed by atoms with Crippen LogP contribution in [0.2, 0.25) is 0 Å². The summed E-state index contributed by atoms with van der Waals surface area (Å²) in [6.45, 7) is 0.200. The van der Waals surface area contributed by atoms with E-state index in [0.29, 0.717) is 6.42 Å². The molecule has 0 atom stereocenters. The lowest BCUT2D eigenvalue weighted by atomic mass is 10.2. The number of rotatable bonds is 3. The Kier molecular flexibility index (Phi) is 3.83. The van der Waals surface area contributed by atoms with Crippen molar-refractivity contribution in [2.45, 2.75) is 11.3 Å². The first kappa shape index (κ1) is 8.97. The minimum atomic E-state index is 0.200. The molecule has 0 aromatic heterocycles.